The van der Waals surface area contributed by atoms with Gasteiger partial charge in [-0.2, -0.15) is 0 Å². The summed E-state index contributed by atoms with van der Waals surface area (Å²) >= 11 is 0. The third kappa shape index (κ3) is 9.69. The van der Waals surface area contributed by atoms with E-state index in [2.05, 4.69) is 10.6 Å². The Morgan fingerprint density at radius 1 is 0.727 bits per heavy atom. The van der Waals surface area contributed by atoms with Crippen molar-refractivity contribution in [2.75, 3.05) is 0 Å². The van der Waals surface area contributed by atoms with Crippen LogP contribution in [0.15, 0.2) is 97.1 Å². The molecular weight excluding hydrogens is 552 g/mol. The SMILES string of the molecule is CC(C)C[C@H](NC(=O)c1ccc2ccccc2c1)C(=O)N[C@@H](Cc1ccc(OCc2ccccc2)cc1)C(=O)OC(C)(C)C. The van der Waals surface area contributed by atoms with Crippen LogP contribution in [0.2, 0.25) is 0 Å². The molecule has 230 valence electrons. The molecule has 0 fully saturated rings. The number of hydrogen-bond acceptors (Lipinski definition) is 5. The first-order chi connectivity index (χ1) is 21.0. The highest BCUT2D eigenvalue weighted by atomic mass is 16.6. The first-order valence-corrected chi connectivity index (χ1v) is 15.1. The molecule has 4 rings (SSSR count). The molecule has 0 aliphatic rings. The minimum atomic E-state index is -0.954. The van der Waals surface area contributed by atoms with Crippen LogP contribution in [0.5, 0.6) is 5.75 Å². The number of ether oxygens (including phenoxy) is 2. The van der Waals surface area contributed by atoms with Gasteiger partial charge in [-0.3, -0.25) is 9.59 Å². The summed E-state index contributed by atoms with van der Waals surface area (Å²) in [7, 11) is 0. The zero-order valence-electron chi connectivity index (χ0n) is 26.1. The number of hydrogen-bond donors (Lipinski definition) is 2. The Morgan fingerprint density at radius 2 is 1.39 bits per heavy atom. The van der Waals surface area contributed by atoms with Crippen LogP contribution in [-0.4, -0.2) is 35.5 Å². The van der Waals surface area contributed by atoms with Crippen LogP contribution in [0.25, 0.3) is 10.8 Å². The van der Waals surface area contributed by atoms with E-state index in [1.165, 1.54) is 0 Å². The largest absolute Gasteiger partial charge is 0.489 e. The van der Waals surface area contributed by atoms with Crippen LogP contribution >= 0.6 is 0 Å². The molecule has 7 nitrogen and oxygen atoms in total. The second-order valence-corrected chi connectivity index (χ2v) is 12.4. The van der Waals surface area contributed by atoms with E-state index >= 15 is 0 Å². The number of nitrogens with one attached hydrogen (secondary N) is 2. The summed E-state index contributed by atoms with van der Waals surface area (Å²) < 4.78 is 11.6. The molecule has 2 N–H and O–H groups in total. The lowest BCUT2D eigenvalue weighted by atomic mass is 10.0. The standard InChI is InChI=1S/C37H42N2O5/c1-25(2)21-32(38-34(40)30-18-17-28-13-9-10-14-29(28)23-30)35(41)39-33(36(42)44-37(3,4)5)22-26-15-19-31(20-16-26)43-24-27-11-7-6-8-12-27/h6-20,23,25,32-33H,21-22,24H2,1-5H3,(H,38,40)(H,39,41)/t32-,33-/m0/s1. The van der Waals surface area contributed by atoms with E-state index in [9.17, 15) is 14.4 Å². The Morgan fingerprint density at radius 3 is 2.05 bits per heavy atom. The first-order valence-electron chi connectivity index (χ1n) is 15.1. The first kappa shape index (κ1) is 32.3. The van der Waals surface area contributed by atoms with Crippen molar-refractivity contribution in [3.8, 4) is 5.75 Å². The molecule has 7 heteroatoms. The highest BCUT2D eigenvalue weighted by Crippen LogP contribution is 2.19. The van der Waals surface area contributed by atoms with Crippen molar-refractivity contribution in [2.45, 2.75) is 71.8 Å². The molecule has 0 aliphatic carbocycles. The molecule has 0 unspecified atom stereocenters. The lowest BCUT2D eigenvalue weighted by molar-refractivity contribution is -0.158. The quantitative estimate of drug-likeness (QED) is 0.180. The molecule has 2 atom stereocenters. The molecule has 0 aromatic heterocycles. The Bertz CT molecular complexity index is 1560. The van der Waals surface area contributed by atoms with Gasteiger partial charge < -0.3 is 20.1 Å². The maximum Gasteiger partial charge on any atom is 0.329 e. The van der Waals surface area contributed by atoms with Gasteiger partial charge in [0.2, 0.25) is 5.91 Å². The average molecular weight is 595 g/mol. The van der Waals surface area contributed by atoms with Crippen LogP contribution < -0.4 is 15.4 Å². The summed E-state index contributed by atoms with van der Waals surface area (Å²) in [5.41, 5.74) is 1.61. The fraction of sp³-hybridized carbons (Fsp3) is 0.324. The van der Waals surface area contributed by atoms with Gasteiger partial charge in [-0.25, -0.2) is 4.79 Å². The maximum absolute atomic E-state index is 13.6. The highest BCUT2D eigenvalue weighted by Gasteiger charge is 2.31. The van der Waals surface area contributed by atoms with E-state index in [0.717, 1.165) is 21.9 Å². The number of rotatable bonds is 12. The Kier molecular flexibility index (Phi) is 10.8. The van der Waals surface area contributed by atoms with E-state index in [0.29, 0.717) is 24.3 Å². The normalized spacial score (nSPS) is 12.8. The highest BCUT2D eigenvalue weighted by molar-refractivity contribution is 6.01. The number of amides is 2. The lowest BCUT2D eigenvalue weighted by Crippen LogP contribution is -2.53. The molecular formula is C37H42N2O5. The summed E-state index contributed by atoms with van der Waals surface area (Å²) in [6, 6.07) is 28.8. The van der Waals surface area contributed by atoms with Gasteiger partial charge >= 0.3 is 5.97 Å². The number of benzene rings is 4. The molecule has 0 heterocycles. The second kappa shape index (κ2) is 14.7. The molecule has 4 aromatic carbocycles. The van der Waals surface area contributed by atoms with Crippen LogP contribution in [0.3, 0.4) is 0 Å². The van der Waals surface area contributed by atoms with E-state index in [-0.39, 0.29) is 18.2 Å². The fourth-order valence-electron chi connectivity index (χ4n) is 4.81. The minimum absolute atomic E-state index is 0.117. The van der Waals surface area contributed by atoms with Gasteiger partial charge in [0.05, 0.1) is 0 Å². The van der Waals surface area contributed by atoms with Crippen molar-refractivity contribution in [3.05, 3.63) is 114 Å². The number of carbonyl (C=O) groups is 3. The van der Waals surface area contributed by atoms with Crippen molar-refractivity contribution >= 4 is 28.6 Å². The van der Waals surface area contributed by atoms with Gasteiger partial charge in [0.15, 0.2) is 0 Å². The van der Waals surface area contributed by atoms with E-state index in [1.807, 2.05) is 105 Å². The minimum Gasteiger partial charge on any atom is -0.489 e. The van der Waals surface area contributed by atoms with Gasteiger partial charge in [-0.1, -0.05) is 86.6 Å². The monoisotopic (exact) mass is 594 g/mol. The van der Waals surface area contributed by atoms with Crippen molar-refractivity contribution in [1.82, 2.24) is 10.6 Å². The van der Waals surface area contributed by atoms with E-state index in [4.69, 9.17) is 9.47 Å². The average Bonchev–Trinajstić information content (AvgIpc) is 2.99. The molecule has 0 aliphatic heterocycles. The second-order valence-electron chi connectivity index (χ2n) is 12.4. The van der Waals surface area contributed by atoms with Crippen LogP contribution in [0.4, 0.5) is 0 Å². The molecule has 0 radical (unpaired) electrons. The van der Waals surface area contributed by atoms with Gasteiger partial charge in [0.1, 0.15) is 30.0 Å². The van der Waals surface area contributed by atoms with Crippen molar-refractivity contribution < 1.29 is 23.9 Å². The number of carbonyl (C=O) groups excluding carboxylic acids is 3. The zero-order valence-corrected chi connectivity index (χ0v) is 26.1. The Balaban J connectivity index is 1.47. The fourth-order valence-corrected chi connectivity index (χ4v) is 4.81. The van der Waals surface area contributed by atoms with Crippen molar-refractivity contribution in [2.24, 2.45) is 5.92 Å². The summed E-state index contributed by atoms with van der Waals surface area (Å²) in [5, 5.41) is 7.74. The number of fused-ring (bicyclic) bond motifs is 1. The summed E-state index contributed by atoms with van der Waals surface area (Å²) in [6.07, 6.45) is 0.617. The molecule has 2 amide bonds. The number of esters is 1. The van der Waals surface area contributed by atoms with Gasteiger partial charge in [-0.15, -0.1) is 0 Å². The van der Waals surface area contributed by atoms with Crippen LogP contribution in [0.1, 0.15) is 62.5 Å². The van der Waals surface area contributed by atoms with Crippen molar-refractivity contribution in [1.29, 1.82) is 0 Å². The predicted molar refractivity (Wildman–Crippen MR) is 173 cm³/mol. The predicted octanol–water partition coefficient (Wildman–Crippen LogP) is 6.63. The summed E-state index contributed by atoms with van der Waals surface area (Å²) in [6.45, 7) is 9.76. The molecule has 0 bridgehead atoms. The zero-order chi connectivity index (χ0) is 31.7. The Labute approximate surface area is 260 Å². The third-order valence-corrected chi connectivity index (χ3v) is 6.96. The van der Waals surface area contributed by atoms with Gasteiger partial charge in [0.25, 0.3) is 5.91 Å². The Hall–Kier alpha value is -4.65. The van der Waals surface area contributed by atoms with Gasteiger partial charge in [0, 0.05) is 12.0 Å². The molecule has 0 saturated heterocycles. The smallest absolute Gasteiger partial charge is 0.329 e. The molecule has 44 heavy (non-hydrogen) atoms. The topological polar surface area (TPSA) is 93.7 Å². The summed E-state index contributed by atoms with van der Waals surface area (Å²) in [4.78, 5) is 40.2. The van der Waals surface area contributed by atoms with Crippen molar-refractivity contribution in [3.63, 3.8) is 0 Å². The van der Waals surface area contributed by atoms with E-state index in [1.54, 1.807) is 26.8 Å². The summed E-state index contributed by atoms with van der Waals surface area (Å²) in [5.74, 6) is -0.516. The lowest BCUT2D eigenvalue weighted by Gasteiger charge is -2.27. The molecule has 0 saturated carbocycles. The van der Waals surface area contributed by atoms with E-state index < -0.39 is 29.6 Å². The third-order valence-electron chi connectivity index (χ3n) is 6.96. The molecule has 4 aromatic rings. The molecule has 0 spiro atoms. The van der Waals surface area contributed by atoms with Gasteiger partial charge in [-0.05, 0) is 79.3 Å². The van der Waals surface area contributed by atoms with Crippen LogP contribution in [-0.2, 0) is 27.4 Å². The van der Waals surface area contributed by atoms with Crippen LogP contribution in [0, 0.1) is 5.92 Å². The maximum atomic E-state index is 13.6.